The van der Waals surface area contributed by atoms with Gasteiger partial charge in [0.1, 0.15) is 53.8 Å². The fraction of sp³-hybridized carbons (Fsp3) is 0.250. The molecule has 6 aromatic heterocycles. The Labute approximate surface area is 625 Å². The van der Waals surface area contributed by atoms with Gasteiger partial charge in [0, 0.05) is 93.5 Å². The van der Waals surface area contributed by atoms with Crippen LogP contribution in [0, 0.1) is 0 Å². The minimum atomic E-state index is -0.883. The summed E-state index contributed by atoms with van der Waals surface area (Å²) in [5, 5.41) is 12.1. The maximum absolute atomic E-state index is 11.9. The average Bonchev–Trinajstić information content (AvgIpc) is 1.63. The summed E-state index contributed by atoms with van der Waals surface area (Å²) in [6.07, 6.45) is 5.33. The number of carbonyl (C=O) groups excluding carboxylic acids is 2. The summed E-state index contributed by atoms with van der Waals surface area (Å²) in [4.78, 5) is 40.5. The fourth-order valence-electron chi connectivity index (χ4n) is 10.7. The molecule has 25 heteroatoms. The molecule has 524 valence electrons. The Hall–Kier alpha value is -7.96. The van der Waals surface area contributed by atoms with Crippen LogP contribution in [0.1, 0.15) is 89.6 Å². The van der Waals surface area contributed by atoms with Crippen molar-refractivity contribution in [3.8, 4) is 38.1 Å². The van der Waals surface area contributed by atoms with E-state index in [1.54, 1.807) is 78.8 Å². The number of hydrogen-bond donors (Lipinski definition) is 4. The van der Waals surface area contributed by atoms with Crippen LogP contribution >= 0.6 is 62.3 Å². The Kier molecular flexibility index (Phi) is 30.1. The van der Waals surface area contributed by atoms with Crippen molar-refractivity contribution in [2.24, 2.45) is 17.2 Å². The van der Waals surface area contributed by atoms with Crippen LogP contribution in [0.3, 0.4) is 0 Å². The number of carboxylic acids is 1. The molecule has 0 aliphatic carbocycles. The summed E-state index contributed by atoms with van der Waals surface area (Å²) >= 11 is 8.32. The molecule has 7 heterocycles. The van der Waals surface area contributed by atoms with E-state index in [9.17, 15) is 14.4 Å². The molecule has 1 aliphatic heterocycles. The van der Waals surface area contributed by atoms with Gasteiger partial charge in [-0.2, -0.15) is 0 Å². The molecule has 13 rings (SSSR count). The fourth-order valence-corrected chi connectivity index (χ4v) is 13.9. The zero-order valence-corrected chi connectivity index (χ0v) is 62.0. The Morgan fingerprint density at radius 3 is 1.23 bits per heavy atom. The van der Waals surface area contributed by atoms with Crippen molar-refractivity contribution in [1.29, 1.82) is 0 Å². The van der Waals surface area contributed by atoms with Crippen molar-refractivity contribution in [1.82, 2.24) is 0 Å². The van der Waals surface area contributed by atoms with Gasteiger partial charge in [0.05, 0.1) is 66.3 Å². The van der Waals surface area contributed by atoms with Gasteiger partial charge in [-0.3, -0.25) is 14.4 Å². The largest absolute Gasteiger partial charge is 1.00 e. The Morgan fingerprint density at radius 2 is 0.861 bits per heavy atom. The molecule has 0 spiro atoms. The summed E-state index contributed by atoms with van der Waals surface area (Å²) in [5.74, 6) is 0.508. The number of halogens is 2. The van der Waals surface area contributed by atoms with Crippen LogP contribution in [-0.2, 0) is 91.9 Å². The maximum atomic E-state index is 11.9. The number of thiophene rings is 3. The number of carbonyl (C=O) groups is 3. The minimum absolute atomic E-state index is 0. The molecule has 0 bridgehead atoms. The molecule has 0 radical (unpaired) electrons. The van der Waals surface area contributed by atoms with Crippen LogP contribution < -0.4 is 55.7 Å². The average molecular weight is 1500 g/mol. The van der Waals surface area contributed by atoms with Gasteiger partial charge in [-0.1, -0.05) is 60.7 Å². The zero-order valence-electron chi connectivity index (χ0n) is 57.1. The van der Waals surface area contributed by atoms with E-state index in [0.717, 1.165) is 101 Å². The van der Waals surface area contributed by atoms with E-state index in [1.165, 1.54) is 4.88 Å². The maximum Gasteiger partial charge on any atom is 1.00 e. The van der Waals surface area contributed by atoms with Crippen LogP contribution in [-0.4, -0.2) is 60.0 Å². The topological polar surface area (TPSA) is 284 Å². The van der Waals surface area contributed by atoms with E-state index in [2.05, 4.69) is 46.3 Å². The molecule has 12 aromatic rings. The molecule has 0 amide bonds. The first-order valence-corrected chi connectivity index (χ1v) is 35.1. The van der Waals surface area contributed by atoms with Gasteiger partial charge in [-0.05, 0) is 177 Å². The smallest absolute Gasteiger partial charge is 0.870 e. The standard InChI is InChI=1S/C25H29BO6.C24H23NO4S.C22H19NO4S.C5H6BrNS.ClH.Li.H2O/c1-6-28-22(27)15-18-9-7-8-10-21(18)30-16-17-13-19-11-12-29-23(19)20(14-17)26-31-24(2,3)25(4,5)32-26;1-2-27-23(26)13-17-5-3-4-6-21(17)29-15-16-11-18-9-10-28-24(18)20(12-16)22-8-7-19(14-25)30-22;23-12-17-5-6-20(28-17)18-10-14(9-16-7-8-26-22(16)18)13-27-19-4-2-1-3-15(19)11-21(24)25;6-5-2-1-4(3-7)8-5;;;/h7-14H,6,15-16H2,1-5H3;3-12H,2,13-15,25H2,1H3;1-10H,11-13,23H2,(H,24,25);1-2H,3,7H2;1H;;1H2/q;;;;;+1;/p-1. The number of rotatable bonds is 23. The number of carboxylic acid groups (broad SMARTS) is 1. The number of ether oxygens (including phenoxy) is 5. The molecular formula is C76H79BBrClLiN3O15S3. The number of para-hydroxylation sites is 3. The molecule has 8 N–H and O–H groups in total. The van der Waals surface area contributed by atoms with Gasteiger partial charge in [-0.25, -0.2) is 0 Å². The van der Waals surface area contributed by atoms with Gasteiger partial charge >= 0.3 is 43.9 Å². The first kappa shape index (κ1) is 80.4. The predicted molar refractivity (Wildman–Crippen MR) is 400 cm³/mol. The van der Waals surface area contributed by atoms with Crippen LogP contribution in [0.5, 0.6) is 17.2 Å². The molecule has 101 heavy (non-hydrogen) atoms. The number of fused-ring (bicyclic) bond motifs is 3. The molecule has 0 saturated carbocycles. The van der Waals surface area contributed by atoms with Crippen molar-refractivity contribution in [2.75, 3.05) is 13.2 Å². The minimum Gasteiger partial charge on any atom is -0.870 e. The van der Waals surface area contributed by atoms with E-state index < -0.39 is 24.3 Å². The molecule has 0 atom stereocenters. The number of hydrogen-bond acceptors (Lipinski definition) is 20. The number of nitrogens with two attached hydrogens (primary N) is 3. The van der Waals surface area contributed by atoms with Crippen molar-refractivity contribution in [3.63, 3.8) is 0 Å². The molecular weight excluding hydrogens is 1420 g/mol. The van der Waals surface area contributed by atoms with Crippen LogP contribution in [0.15, 0.2) is 200 Å². The third-order valence-electron chi connectivity index (χ3n) is 16.2. The second-order valence-corrected chi connectivity index (χ2v) is 28.5. The predicted octanol–water partition coefficient (Wildman–Crippen LogP) is 13.8. The van der Waals surface area contributed by atoms with Crippen LogP contribution in [0.2, 0.25) is 0 Å². The second kappa shape index (κ2) is 37.8. The van der Waals surface area contributed by atoms with Crippen LogP contribution in [0.4, 0.5) is 0 Å². The monoisotopic (exact) mass is 1500 g/mol. The van der Waals surface area contributed by atoms with Crippen molar-refractivity contribution >= 4 is 126 Å². The summed E-state index contributed by atoms with van der Waals surface area (Å²) < 4.78 is 59.1. The van der Waals surface area contributed by atoms with Gasteiger partial charge in [-0.15, -0.1) is 46.4 Å². The Morgan fingerprint density at radius 1 is 0.495 bits per heavy atom. The SMILES string of the molecule is CCOC(=O)Cc1ccccc1OCc1cc(-c2ccc(CN)s2)c2occc2c1.CCOC(=O)Cc1ccccc1OCc1cc(B2OC(C)(C)C(C)(C)O2)c2occc2c1.Cl.NCc1ccc(-c2cc(COc3ccccc3CC(=O)O)cc3ccoc23)s1.NCc1ccc(Br)s1.[Li+].[OH-]. The second-order valence-electron chi connectivity index (χ2n) is 23.7. The van der Waals surface area contributed by atoms with Gasteiger partial charge in [0.15, 0.2) is 0 Å². The zero-order chi connectivity index (χ0) is 69.3. The third kappa shape index (κ3) is 21.1. The molecule has 1 fully saturated rings. The van der Waals surface area contributed by atoms with E-state index in [-0.39, 0.29) is 67.9 Å². The Balaban J connectivity index is 0.000000198. The molecule has 6 aromatic carbocycles. The number of esters is 2. The molecule has 1 saturated heterocycles. The number of furan rings is 3. The first-order valence-electron chi connectivity index (χ1n) is 31.9. The molecule has 1 aliphatic rings. The Bertz CT molecular complexity index is 4660. The molecule has 0 unspecified atom stereocenters. The van der Waals surface area contributed by atoms with E-state index >= 15 is 0 Å². The van der Waals surface area contributed by atoms with E-state index in [0.29, 0.717) is 75.5 Å². The van der Waals surface area contributed by atoms with Gasteiger partial charge in [0.2, 0.25) is 0 Å². The van der Waals surface area contributed by atoms with Gasteiger partial charge < -0.3 is 74.0 Å². The van der Waals surface area contributed by atoms with E-state index in [1.807, 2.05) is 149 Å². The third-order valence-corrected chi connectivity index (χ3v) is 20.1. The van der Waals surface area contributed by atoms with E-state index in [4.69, 9.17) is 68.6 Å². The van der Waals surface area contributed by atoms with Crippen molar-refractivity contribution in [2.45, 2.75) is 111 Å². The summed E-state index contributed by atoms with van der Waals surface area (Å²) in [6, 6.07) is 52.6. The molecule has 18 nitrogen and oxygen atoms in total. The summed E-state index contributed by atoms with van der Waals surface area (Å²) in [5.41, 5.74) is 26.5. The van der Waals surface area contributed by atoms with Gasteiger partial charge in [0.25, 0.3) is 0 Å². The first-order chi connectivity index (χ1) is 47.3. The summed E-state index contributed by atoms with van der Waals surface area (Å²) in [7, 11) is -0.537. The van der Waals surface area contributed by atoms with Crippen LogP contribution in [0.25, 0.3) is 53.8 Å². The quantitative estimate of drug-likeness (QED) is 0.0342. The normalized spacial score (nSPS) is 12.5. The summed E-state index contributed by atoms with van der Waals surface area (Å²) in [6.45, 7) is 15.1. The number of benzene rings is 6. The van der Waals surface area contributed by atoms with Crippen molar-refractivity contribution in [3.05, 3.63) is 234 Å². The van der Waals surface area contributed by atoms with Crippen molar-refractivity contribution < 1.29 is 90.1 Å². The number of aliphatic carboxylic acids is 1.